The van der Waals surface area contributed by atoms with Gasteiger partial charge < -0.3 is 20.8 Å². The zero-order valence-corrected chi connectivity index (χ0v) is 9.16. The number of carbonyl (C=O) groups excluding carboxylic acids is 1. The quantitative estimate of drug-likeness (QED) is 0.612. The van der Waals surface area contributed by atoms with Crippen molar-refractivity contribution in [1.29, 1.82) is 0 Å². The Kier molecular flexibility index (Phi) is 3.81. The average molecular weight is 225 g/mol. The number of anilines is 1. The van der Waals surface area contributed by atoms with Gasteiger partial charge in [-0.3, -0.25) is 4.79 Å². The molecule has 0 bridgehead atoms. The van der Waals surface area contributed by atoms with Gasteiger partial charge in [-0.25, -0.2) is 4.98 Å². The van der Waals surface area contributed by atoms with Gasteiger partial charge in [0.15, 0.2) is 6.10 Å². The molecule has 88 valence electrons. The fourth-order valence-electron chi connectivity index (χ4n) is 1.17. The van der Waals surface area contributed by atoms with Gasteiger partial charge in [0.05, 0.1) is 0 Å². The van der Waals surface area contributed by atoms with Crippen molar-refractivity contribution in [2.75, 3.05) is 19.0 Å². The average Bonchev–Trinajstić information content (AvgIpc) is 2.27. The third-order valence-electron chi connectivity index (χ3n) is 2.16. The number of hydrogen-bond acceptors (Lipinski definition) is 5. The van der Waals surface area contributed by atoms with Crippen molar-refractivity contribution in [3.05, 3.63) is 23.9 Å². The lowest BCUT2D eigenvalue weighted by molar-refractivity contribution is -0.131. The Bertz CT molecular complexity index is 364. The van der Waals surface area contributed by atoms with Crippen LogP contribution in [0.1, 0.15) is 11.7 Å². The van der Waals surface area contributed by atoms with Crippen LogP contribution in [0.3, 0.4) is 0 Å². The SMILES string of the molecule is CN(C)c1ccc(C(O)C(O)C(N)=O)cn1. The highest BCUT2D eigenvalue weighted by Gasteiger charge is 2.23. The molecule has 0 aliphatic carbocycles. The van der Waals surface area contributed by atoms with Crippen molar-refractivity contribution in [2.24, 2.45) is 5.73 Å². The predicted octanol–water partition coefficient (Wildman–Crippen LogP) is -0.973. The Hall–Kier alpha value is -1.66. The van der Waals surface area contributed by atoms with Crippen LogP contribution in [0.15, 0.2) is 18.3 Å². The number of aliphatic hydroxyl groups is 2. The molecular formula is C10H15N3O3. The molecule has 1 amide bonds. The van der Waals surface area contributed by atoms with Gasteiger partial charge in [0.2, 0.25) is 5.91 Å². The van der Waals surface area contributed by atoms with E-state index in [4.69, 9.17) is 5.73 Å². The molecule has 0 saturated carbocycles. The number of primary amides is 1. The minimum absolute atomic E-state index is 0.344. The second kappa shape index (κ2) is 4.91. The standard InChI is InChI=1S/C10H15N3O3/c1-13(2)7-4-3-6(5-12-7)8(14)9(15)10(11)16/h3-5,8-9,14-15H,1-2H3,(H2,11,16). The van der Waals surface area contributed by atoms with E-state index in [1.165, 1.54) is 6.20 Å². The van der Waals surface area contributed by atoms with Crippen LogP contribution in [0.5, 0.6) is 0 Å². The Morgan fingerprint density at radius 1 is 1.44 bits per heavy atom. The number of nitrogens with two attached hydrogens (primary N) is 1. The van der Waals surface area contributed by atoms with Crippen LogP contribution in [0.25, 0.3) is 0 Å². The topological polar surface area (TPSA) is 99.7 Å². The Labute approximate surface area is 93.3 Å². The van der Waals surface area contributed by atoms with Gasteiger partial charge in [0.25, 0.3) is 0 Å². The summed E-state index contributed by atoms with van der Waals surface area (Å²) in [4.78, 5) is 16.5. The summed E-state index contributed by atoms with van der Waals surface area (Å²) in [6.45, 7) is 0. The van der Waals surface area contributed by atoms with Crippen molar-refractivity contribution < 1.29 is 15.0 Å². The van der Waals surface area contributed by atoms with Crippen LogP contribution in [0, 0.1) is 0 Å². The van der Waals surface area contributed by atoms with Crippen molar-refractivity contribution in [1.82, 2.24) is 4.98 Å². The summed E-state index contributed by atoms with van der Waals surface area (Å²) in [7, 11) is 3.66. The molecule has 0 aliphatic heterocycles. The monoisotopic (exact) mass is 225 g/mol. The first-order chi connectivity index (χ1) is 7.43. The van der Waals surface area contributed by atoms with Gasteiger partial charge in [-0.2, -0.15) is 0 Å². The minimum Gasteiger partial charge on any atom is -0.385 e. The third kappa shape index (κ3) is 2.68. The lowest BCUT2D eigenvalue weighted by atomic mass is 10.1. The molecule has 0 fully saturated rings. The lowest BCUT2D eigenvalue weighted by Crippen LogP contribution is -2.33. The second-order valence-electron chi connectivity index (χ2n) is 3.64. The number of carbonyl (C=O) groups is 1. The maximum Gasteiger partial charge on any atom is 0.249 e. The van der Waals surface area contributed by atoms with Gasteiger partial charge in [-0.1, -0.05) is 6.07 Å². The highest BCUT2D eigenvalue weighted by atomic mass is 16.3. The second-order valence-corrected chi connectivity index (χ2v) is 3.64. The summed E-state index contributed by atoms with van der Waals surface area (Å²) in [6.07, 6.45) is -1.57. The largest absolute Gasteiger partial charge is 0.385 e. The van der Waals surface area contributed by atoms with Crippen LogP contribution < -0.4 is 10.6 Å². The lowest BCUT2D eigenvalue weighted by Gasteiger charge is -2.16. The van der Waals surface area contributed by atoms with E-state index in [-0.39, 0.29) is 0 Å². The number of rotatable bonds is 4. The number of hydrogen-bond donors (Lipinski definition) is 3. The fraction of sp³-hybridized carbons (Fsp3) is 0.400. The van der Waals surface area contributed by atoms with Crippen LogP contribution in [-0.2, 0) is 4.79 Å². The molecule has 1 aromatic heterocycles. The molecule has 1 aromatic rings. The highest BCUT2D eigenvalue weighted by Crippen LogP contribution is 2.17. The van der Waals surface area contributed by atoms with E-state index < -0.39 is 18.1 Å². The molecular weight excluding hydrogens is 210 g/mol. The van der Waals surface area contributed by atoms with Crippen molar-refractivity contribution >= 4 is 11.7 Å². The zero-order valence-electron chi connectivity index (χ0n) is 9.16. The number of pyridine rings is 1. The van der Waals surface area contributed by atoms with Gasteiger partial charge in [-0.15, -0.1) is 0 Å². The zero-order chi connectivity index (χ0) is 12.3. The first-order valence-corrected chi connectivity index (χ1v) is 4.72. The molecule has 4 N–H and O–H groups in total. The minimum atomic E-state index is -1.62. The normalized spacial score (nSPS) is 14.2. The molecule has 0 radical (unpaired) electrons. The number of aliphatic hydroxyl groups excluding tert-OH is 2. The molecule has 0 saturated heterocycles. The van der Waals surface area contributed by atoms with Crippen LogP contribution in [0.2, 0.25) is 0 Å². The van der Waals surface area contributed by atoms with E-state index in [9.17, 15) is 15.0 Å². The van der Waals surface area contributed by atoms with Gasteiger partial charge in [0, 0.05) is 25.9 Å². The predicted molar refractivity (Wildman–Crippen MR) is 58.7 cm³/mol. The molecule has 1 heterocycles. The van der Waals surface area contributed by atoms with Crippen molar-refractivity contribution in [3.8, 4) is 0 Å². The van der Waals surface area contributed by atoms with E-state index in [1.807, 2.05) is 14.1 Å². The molecule has 1 rings (SSSR count). The number of amides is 1. The summed E-state index contributed by atoms with van der Waals surface area (Å²) in [5.41, 5.74) is 5.22. The summed E-state index contributed by atoms with van der Waals surface area (Å²) in [5, 5.41) is 18.8. The van der Waals surface area contributed by atoms with Gasteiger partial charge in [0.1, 0.15) is 11.9 Å². The summed E-state index contributed by atoms with van der Waals surface area (Å²) >= 11 is 0. The van der Waals surface area contributed by atoms with E-state index >= 15 is 0 Å². The number of nitrogens with zero attached hydrogens (tertiary/aromatic N) is 2. The molecule has 0 aromatic carbocycles. The van der Waals surface area contributed by atoms with E-state index in [1.54, 1.807) is 17.0 Å². The van der Waals surface area contributed by atoms with Crippen LogP contribution >= 0.6 is 0 Å². The smallest absolute Gasteiger partial charge is 0.249 e. The molecule has 2 atom stereocenters. The first kappa shape index (κ1) is 12.4. The van der Waals surface area contributed by atoms with Gasteiger partial charge in [-0.05, 0) is 6.07 Å². The Balaban J connectivity index is 2.85. The third-order valence-corrected chi connectivity index (χ3v) is 2.16. The van der Waals surface area contributed by atoms with Crippen LogP contribution in [-0.4, -0.2) is 41.3 Å². The van der Waals surface area contributed by atoms with E-state index in [0.717, 1.165) is 0 Å². The van der Waals surface area contributed by atoms with Gasteiger partial charge >= 0.3 is 0 Å². The van der Waals surface area contributed by atoms with Crippen molar-refractivity contribution in [3.63, 3.8) is 0 Å². The maximum absolute atomic E-state index is 10.7. The molecule has 0 spiro atoms. The Morgan fingerprint density at radius 3 is 2.44 bits per heavy atom. The molecule has 6 nitrogen and oxygen atoms in total. The number of aromatic nitrogens is 1. The van der Waals surface area contributed by atoms with E-state index in [2.05, 4.69) is 4.98 Å². The summed E-state index contributed by atoms with van der Waals surface area (Å²) < 4.78 is 0. The van der Waals surface area contributed by atoms with Crippen LogP contribution in [0.4, 0.5) is 5.82 Å². The molecule has 0 aliphatic rings. The first-order valence-electron chi connectivity index (χ1n) is 4.72. The molecule has 2 unspecified atom stereocenters. The Morgan fingerprint density at radius 2 is 2.06 bits per heavy atom. The summed E-state index contributed by atoms with van der Waals surface area (Å²) in [6, 6.07) is 3.26. The van der Waals surface area contributed by atoms with Crippen molar-refractivity contribution in [2.45, 2.75) is 12.2 Å². The maximum atomic E-state index is 10.7. The fourth-order valence-corrected chi connectivity index (χ4v) is 1.17. The summed E-state index contributed by atoms with van der Waals surface area (Å²) in [5.74, 6) is -0.256. The molecule has 16 heavy (non-hydrogen) atoms. The van der Waals surface area contributed by atoms with E-state index in [0.29, 0.717) is 11.4 Å². The molecule has 6 heteroatoms. The highest BCUT2D eigenvalue weighted by molar-refractivity contribution is 5.79.